The zero-order valence-corrected chi connectivity index (χ0v) is 14.1. The van der Waals surface area contributed by atoms with E-state index in [1.165, 1.54) is 17.5 Å². The first-order valence-corrected chi connectivity index (χ1v) is 7.65. The van der Waals surface area contributed by atoms with Gasteiger partial charge in [-0.3, -0.25) is 4.79 Å². The van der Waals surface area contributed by atoms with Gasteiger partial charge in [0.1, 0.15) is 0 Å². The molecule has 4 heteroatoms. The van der Waals surface area contributed by atoms with Crippen LogP contribution < -0.4 is 5.32 Å². The van der Waals surface area contributed by atoms with Gasteiger partial charge in [0.15, 0.2) is 0 Å². The van der Waals surface area contributed by atoms with Crippen molar-refractivity contribution in [3.05, 3.63) is 35.4 Å². The van der Waals surface area contributed by atoms with E-state index >= 15 is 0 Å². The molecule has 1 N–H and O–H groups in total. The number of hydrogen-bond acceptors (Lipinski definition) is 2. The number of carbonyl (C=O) groups excluding carboxylic acids is 1. The molecule has 1 fully saturated rings. The predicted molar refractivity (Wildman–Crippen MR) is 89.9 cm³/mol. The summed E-state index contributed by atoms with van der Waals surface area (Å²) in [6.07, 6.45) is 3.31. The van der Waals surface area contributed by atoms with Gasteiger partial charge in [-0.25, -0.2) is 0 Å². The van der Waals surface area contributed by atoms with Crippen molar-refractivity contribution < 1.29 is 4.79 Å². The molecule has 118 valence electrons. The van der Waals surface area contributed by atoms with E-state index in [-0.39, 0.29) is 24.4 Å². The normalized spacial score (nSPS) is 18.2. The first kappa shape index (κ1) is 18.0. The van der Waals surface area contributed by atoms with Gasteiger partial charge in [-0.1, -0.05) is 44.5 Å². The maximum absolute atomic E-state index is 12.3. The summed E-state index contributed by atoms with van der Waals surface area (Å²) < 4.78 is 0. The number of carbonyl (C=O) groups is 1. The van der Waals surface area contributed by atoms with Crippen LogP contribution in [0.3, 0.4) is 0 Å². The van der Waals surface area contributed by atoms with Crippen LogP contribution in [0.1, 0.15) is 50.2 Å². The van der Waals surface area contributed by atoms with Crippen molar-refractivity contribution >= 4 is 18.3 Å². The van der Waals surface area contributed by atoms with Crippen LogP contribution in [0.2, 0.25) is 0 Å². The fourth-order valence-electron chi connectivity index (χ4n) is 2.69. The van der Waals surface area contributed by atoms with E-state index in [2.05, 4.69) is 43.4 Å². The molecule has 21 heavy (non-hydrogen) atoms. The highest BCUT2D eigenvalue weighted by Gasteiger charge is 2.23. The first-order chi connectivity index (χ1) is 9.58. The van der Waals surface area contributed by atoms with Gasteiger partial charge in [0, 0.05) is 13.6 Å². The lowest BCUT2D eigenvalue weighted by atomic mass is 10.0. The molecule has 1 aliphatic heterocycles. The topological polar surface area (TPSA) is 32.3 Å². The Hall–Kier alpha value is -1.06. The molecule has 0 saturated carbocycles. The molecular formula is C17H27ClN2O. The SMILES string of the molecule is CC(C)c1ccc(CN(C)C(=O)[C@H]2CCCCN2)cc1.Cl. The van der Waals surface area contributed by atoms with Crippen molar-refractivity contribution in [3.8, 4) is 0 Å². The highest BCUT2D eigenvalue weighted by molar-refractivity contribution is 5.85. The largest absolute Gasteiger partial charge is 0.340 e. The number of nitrogens with one attached hydrogen (secondary N) is 1. The monoisotopic (exact) mass is 310 g/mol. The Bertz CT molecular complexity index is 439. The summed E-state index contributed by atoms with van der Waals surface area (Å²) in [6, 6.07) is 8.61. The maximum Gasteiger partial charge on any atom is 0.239 e. The van der Waals surface area contributed by atoms with E-state index in [4.69, 9.17) is 0 Å². The third kappa shape index (κ3) is 5.01. The van der Waals surface area contributed by atoms with E-state index in [0.717, 1.165) is 19.4 Å². The Balaban J connectivity index is 0.00000220. The summed E-state index contributed by atoms with van der Waals surface area (Å²) in [6.45, 7) is 6.04. The Kier molecular flexibility index (Phi) is 7.20. The minimum atomic E-state index is 0. The fraction of sp³-hybridized carbons (Fsp3) is 0.588. The van der Waals surface area contributed by atoms with Crippen LogP contribution >= 0.6 is 12.4 Å². The van der Waals surface area contributed by atoms with E-state index in [0.29, 0.717) is 12.5 Å². The minimum Gasteiger partial charge on any atom is -0.340 e. The van der Waals surface area contributed by atoms with Crippen molar-refractivity contribution in [3.63, 3.8) is 0 Å². The molecule has 0 bridgehead atoms. The summed E-state index contributed by atoms with van der Waals surface area (Å²) in [5.74, 6) is 0.771. The molecule has 0 radical (unpaired) electrons. The zero-order chi connectivity index (χ0) is 14.5. The molecule has 1 aromatic rings. The third-order valence-corrected chi connectivity index (χ3v) is 4.05. The van der Waals surface area contributed by atoms with Crippen molar-refractivity contribution in [2.75, 3.05) is 13.6 Å². The highest BCUT2D eigenvalue weighted by atomic mass is 35.5. The maximum atomic E-state index is 12.3. The smallest absolute Gasteiger partial charge is 0.239 e. The van der Waals surface area contributed by atoms with Gasteiger partial charge in [0.2, 0.25) is 5.91 Å². The summed E-state index contributed by atoms with van der Waals surface area (Å²) in [7, 11) is 1.90. The molecule has 0 unspecified atom stereocenters. The van der Waals surface area contributed by atoms with Crippen LogP contribution in [0, 0.1) is 0 Å². The molecule has 0 aliphatic carbocycles. The van der Waals surface area contributed by atoms with E-state index in [1.54, 1.807) is 0 Å². The van der Waals surface area contributed by atoms with Gasteiger partial charge in [0.05, 0.1) is 6.04 Å². The summed E-state index contributed by atoms with van der Waals surface area (Å²) in [5.41, 5.74) is 2.54. The number of rotatable bonds is 4. The molecule has 1 aromatic carbocycles. The van der Waals surface area contributed by atoms with Crippen LogP contribution in [0.25, 0.3) is 0 Å². The van der Waals surface area contributed by atoms with Crippen LogP contribution in [0.4, 0.5) is 0 Å². The number of hydrogen-bond donors (Lipinski definition) is 1. The van der Waals surface area contributed by atoms with Gasteiger partial charge in [0.25, 0.3) is 0 Å². The van der Waals surface area contributed by atoms with Crippen molar-refractivity contribution in [1.29, 1.82) is 0 Å². The van der Waals surface area contributed by atoms with Gasteiger partial charge in [-0.15, -0.1) is 12.4 Å². The molecule has 3 nitrogen and oxygen atoms in total. The van der Waals surface area contributed by atoms with Crippen LogP contribution in [0.5, 0.6) is 0 Å². The quantitative estimate of drug-likeness (QED) is 0.925. The molecule has 1 saturated heterocycles. The van der Waals surface area contributed by atoms with Crippen LogP contribution in [0.15, 0.2) is 24.3 Å². The van der Waals surface area contributed by atoms with E-state index < -0.39 is 0 Å². The second-order valence-corrected chi connectivity index (χ2v) is 6.09. The predicted octanol–water partition coefficient (Wildman–Crippen LogP) is 3.33. The van der Waals surface area contributed by atoms with Gasteiger partial charge >= 0.3 is 0 Å². The molecule has 0 spiro atoms. The summed E-state index contributed by atoms with van der Waals surface area (Å²) in [5, 5.41) is 3.32. The highest BCUT2D eigenvalue weighted by Crippen LogP contribution is 2.16. The standard InChI is InChI=1S/C17H26N2O.ClH/c1-13(2)15-9-7-14(8-10-15)12-19(3)17(20)16-6-4-5-11-18-16;/h7-10,13,16,18H,4-6,11-12H2,1-3H3;1H/t16-;/m1./s1. The average Bonchev–Trinajstić information content (AvgIpc) is 2.48. The number of amides is 1. The summed E-state index contributed by atoms with van der Waals surface area (Å²) in [4.78, 5) is 14.2. The first-order valence-electron chi connectivity index (χ1n) is 7.65. The number of piperidine rings is 1. The second-order valence-electron chi connectivity index (χ2n) is 6.09. The Morgan fingerprint density at radius 3 is 2.48 bits per heavy atom. The molecule has 1 aliphatic rings. The van der Waals surface area contributed by atoms with Gasteiger partial charge in [-0.05, 0) is 36.4 Å². The van der Waals surface area contributed by atoms with E-state index in [1.807, 2.05) is 11.9 Å². The molecule has 1 heterocycles. The summed E-state index contributed by atoms with van der Waals surface area (Å²) >= 11 is 0. The van der Waals surface area contributed by atoms with Crippen molar-refractivity contribution in [2.24, 2.45) is 0 Å². The Morgan fingerprint density at radius 1 is 1.29 bits per heavy atom. The van der Waals surface area contributed by atoms with Crippen molar-refractivity contribution in [1.82, 2.24) is 10.2 Å². The third-order valence-electron chi connectivity index (χ3n) is 4.05. The second kappa shape index (κ2) is 8.40. The van der Waals surface area contributed by atoms with Gasteiger partial charge in [-0.2, -0.15) is 0 Å². The molecule has 2 rings (SSSR count). The molecular weight excluding hydrogens is 284 g/mol. The number of nitrogens with zero attached hydrogens (tertiary/aromatic N) is 1. The number of likely N-dealkylation sites (N-methyl/N-ethyl adjacent to an activating group) is 1. The van der Waals surface area contributed by atoms with E-state index in [9.17, 15) is 4.79 Å². The van der Waals surface area contributed by atoms with Crippen molar-refractivity contribution in [2.45, 2.75) is 51.6 Å². The fourth-order valence-corrected chi connectivity index (χ4v) is 2.69. The average molecular weight is 311 g/mol. The minimum absolute atomic E-state index is 0. The Morgan fingerprint density at radius 2 is 1.95 bits per heavy atom. The lowest BCUT2D eigenvalue weighted by molar-refractivity contribution is -0.133. The Labute approximate surface area is 134 Å². The number of halogens is 1. The molecule has 1 amide bonds. The molecule has 0 aromatic heterocycles. The van der Waals surface area contributed by atoms with Crippen LogP contribution in [-0.4, -0.2) is 30.4 Å². The van der Waals surface area contributed by atoms with Gasteiger partial charge < -0.3 is 10.2 Å². The lowest BCUT2D eigenvalue weighted by Crippen LogP contribution is -2.46. The molecule has 1 atom stereocenters. The van der Waals surface area contributed by atoms with Crippen LogP contribution in [-0.2, 0) is 11.3 Å². The zero-order valence-electron chi connectivity index (χ0n) is 13.3. The number of benzene rings is 1. The lowest BCUT2D eigenvalue weighted by Gasteiger charge is -2.27.